The van der Waals surface area contributed by atoms with Crippen LogP contribution in [0, 0.1) is 0 Å². The van der Waals surface area contributed by atoms with E-state index in [-0.39, 0.29) is 0 Å². The zero-order valence-electron chi connectivity index (χ0n) is 17.4. The largest absolute Gasteiger partial charge is 0.492 e. The Kier molecular flexibility index (Phi) is 8.23. The molecule has 5 heteroatoms. The molecule has 0 amide bonds. The summed E-state index contributed by atoms with van der Waals surface area (Å²) in [5.74, 6) is 0.188. The lowest BCUT2D eigenvalue weighted by Gasteiger charge is -2.14. The third-order valence-electron chi connectivity index (χ3n) is 4.75. The molecule has 0 saturated heterocycles. The third kappa shape index (κ3) is 6.44. The van der Waals surface area contributed by atoms with Gasteiger partial charge in [0.2, 0.25) is 0 Å². The van der Waals surface area contributed by atoms with Crippen LogP contribution >= 0.6 is 0 Å². The van der Waals surface area contributed by atoms with Crippen molar-refractivity contribution < 1.29 is 23.8 Å². The van der Waals surface area contributed by atoms with Gasteiger partial charge < -0.3 is 14.2 Å². The molecule has 5 nitrogen and oxygen atoms in total. The van der Waals surface area contributed by atoms with Gasteiger partial charge in [-0.3, -0.25) is 0 Å². The van der Waals surface area contributed by atoms with E-state index in [0.717, 1.165) is 36.5 Å². The number of ether oxygens (including phenoxy) is 3. The number of hydrogen-bond donors (Lipinski definition) is 0. The van der Waals surface area contributed by atoms with E-state index < -0.39 is 11.9 Å². The van der Waals surface area contributed by atoms with Gasteiger partial charge in [0.05, 0.1) is 13.2 Å². The molecule has 0 aliphatic rings. The maximum Gasteiger partial charge on any atom is 0.347 e. The molecule has 160 valence electrons. The Balaban J connectivity index is 1.61. The van der Waals surface area contributed by atoms with Gasteiger partial charge in [-0.15, -0.1) is 0 Å². The second-order valence-corrected chi connectivity index (χ2v) is 7.00. The lowest BCUT2D eigenvalue weighted by Crippen LogP contribution is -2.12. The molecule has 0 radical (unpaired) electrons. The van der Waals surface area contributed by atoms with Crippen LogP contribution in [0.15, 0.2) is 79.4 Å². The number of rotatable bonds is 11. The quantitative estimate of drug-likeness (QED) is 0.172. The van der Waals surface area contributed by atoms with E-state index in [9.17, 15) is 9.59 Å². The molecule has 3 aromatic carbocycles. The topological polar surface area (TPSA) is 61.8 Å². The number of benzene rings is 3. The summed E-state index contributed by atoms with van der Waals surface area (Å²) in [7, 11) is 0. The molecule has 0 aromatic heterocycles. The van der Waals surface area contributed by atoms with Crippen LogP contribution in [0.2, 0.25) is 0 Å². The third-order valence-corrected chi connectivity index (χ3v) is 4.75. The molecule has 3 aromatic rings. The Hall–Kier alpha value is -3.60. The van der Waals surface area contributed by atoms with E-state index in [1.54, 1.807) is 18.2 Å². The Morgan fingerprint density at radius 1 is 0.806 bits per heavy atom. The van der Waals surface area contributed by atoms with Crippen LogP contribution in [0.3, 0.4) is 0 Å². The maximum absolute atomic E-state index is 12.8. The first-order chi connectivity index (χ1) is 15.2. The van der Waals surface area contributed by atoms with Crippen LogP contribution in [0.5, 0.6) is 11.5 Å². The minimum Gasteiger partial charge on any atom is -0.492 e. The zero-order valence-corrected chi connectivity index (χ0v) is 17.4. The van der Waals surface area contributed by atoms with Gasteiger partial charge in [0.15, 0.2) is 0 Å². The number of esters is 2. The summed E-state index contributed by atoms with van der Waals surface area (Å²) in [6, 6.07) is 20.4. The summed E-state index contributed by atoms with van der Waals surface area (Å²) in [6.07, 6.45) is 4.64. The number of unbranched alkanes of at least 4 members (excludes halogenated alkanes) is 3. The van der Waals surface area contributed by atoms with Crippen molar-refractivity contribution in [1.29, 1.82) is 0 Å². The van der Waals surface area contributed by atoms with Crippen molar-refractivity contribution in [3.8, 4) is 11.5 Å². The predicted molar refractivity (Wildman–Crippen MR) is 120 cm³/mol. The molecule has 0 aliphatic carbocycles. The number of carbonyl (C=O) groups is 2. The van der Waals surface area contributed by atoms with E-state index in [2.05, 4.69) is 6.58 Å². The molecule has 0 saturated carbocycles. The molecular weight excluding hydrogens is 392 g/mol. The maximum atomic E-state index is 12.8. The molecule has 0 N–H and O–H groups in total. The number of para-hydroxylation sites is 1. The molecule has 0 heterocycles. The predicted octanol–water partition coefficient (Wildman–Crippen LogP) is 5.73. The van der Waals surface area contributed by atoms with Crippen LogP contribution in [0.1, 0.15) is 36.0 Å². The second kappa shape index (κ2) is 11.6. The minimum atomic E-state index is -0.448. The first-order valence-corrected chi connectivity index (χ1v) is 10.4. The van der Waals surface area contributed by atoms with E-state index in [4.69, 9.17) is 14.2 Å². The second-order valence-electron chi connectivity index (χ2n) is 7.00. The van der Waals surface area contributed by atoms with E-state index >= 15 is 0 Å². The first-order valence-electron chi connectivity index (χ1n) is 10.4. The average molecular weight is 418 g/mol. The van der Waals surface area contributed by atoms with Gasteiger partial charge in [0, 0.05) is 11.5 Å². The van der Waals surface area contributed by atoms with Crippen LogP contribution in [-0.4, -0.2) is 25.2 Å². The van der Waals surface area contributed by atoms with Crippen molar-refractivity contribution in [2.75, 3.05) is 13.2 Å². The Labute approximate surface area is 182 Å². The van der Waals surface area contributed by atoms with Gasteiger partial charge in [-0.2, -0.15) is 0 Å². The summed E-state index contributed by atoms with van der Waals surface area (Å²) >= 11 is 0. The fraction of sp³-hybridized carbons (Fsp3) is 0.231. The summed E-state index contributed by atoms with van der Waals surface area (Å²) < 4.78 is 16.6. The molecule has 0 atom stereocenters. The van der Waals surface area contributed by atoms with Gasteiger partial charge in [0.1, 0.15) is 17.1 Å². The lowest BCUT2D eigenvalue weighted by molar-refractivity contribution is -0.137. The van der Waals surface area contributed by atoms with Crippen molar-refractivity contribution in [2.45, 2.75) is 25.7 Å². The van der Waals surface area contributed by atoms with Crippen molar-refractivity contribution >= 4 is 22.7 Å². The molecule has 3 rings (SSSR count). The van der Waals surface area contributed by atoms with E-state index in [0.29, 0.717) is 30.3 Å². The lowest BCUT2D eigenvalue weighted by atomic mass is 10.1. The molecule has 0 bridgehead atoms. The number of hydrogen-bond acceptors (Lipinski definition) is 5. The van der Waals surface area contributed by atoms with Crippen molar-refractivity contribution in [1.82, 2.24) is 0 Å². The Morgan fingerprint density at radius 3 is 2.29 bits per heavy atom. The molecule has 31 heavy (non-hydrogen) atoms. The van der Waals surface area contributed by atoms with Gasteiger partial charge >= 0.3 is 11.9 Å². The molecule has 0 unspecified atom stereocenters. The van der Waals surface area contributed by atoms with Crippen molar-refractivity contribution in [2.24, 2.45) is 0 Å². The summed E-state index contributed by atoms with van der Waals surface area (Å²) in [6.45, 7) is 4.24. The van der Waals surface area contributed by atoms with E-state index in [1.807, 2.05) is 48.5 Å². The fourth-order valence-electron chi connectivity index (χ4n) is 3.17. The molecular formula is C26H26O5. The molecule has 0 fully saturated rings. The molecule has 0 spiro atoms. The van der Waals surface area contributed by atoms with Crippen LogP contribution in [0.25, 0.3) is 10.8 Å². The van der Waals surface area contributed by atoms with Crippen LogP contribution in [-0.2, 0) is 9.53 Å². The first kappa shape index (κ1) is 22.1. The standard InChI is InChI=1S/C26H26O5/c1-2-24(27)29-18-10-3-4-11-19-30-25-22-15-9-8-12-20(22)16-17-23(25)26(28)31-21-13-6-5-7-14-21/h2,5-9,12-17H,1,3-4,10-11,18-19H2. The normalized spacial score (nSPS) is 10.5. The smallest absolute Gasteiger partial charge is 0.347 e. The van der Waals surface area contributed by atoms with Gasteiger partial charge in [-0.05, 0) is 49.3 Å². The highest BCUT2D eigenvalue weighted by Gasteiger charge is 2.18. The monoisotopic (exact) mass is 418 g/mol. The van der Waals surface area contributed by atoms with Gasteiger partial charge in [0.25, 0.3) is 0 Å². The van der Waals surface area contributed by atoms with Crippen molar-refractivity contribution in [3.63, 3.8) is 0 Å². The Bertz CT molecular complexity index is 1030. The zero-order chi connectivity index (χ0) is 21.9. The highest BCUT2D eigenvalue weighted by atomic mass is 16.5. The van der Waals surface area contributed by atoms with Crippen LogP contribution in [0.4, 0.5) is 0 Å². The number of carbonyl (C=O) groups excluding carboxylic acids is 2. The van der Waals surface area contributed by atoms with E-state index in [1.165, 1.54) is 6.08 Å². The number of fused-ring (bicyclic) bond motifs is 1. The van der Waals surface area contributed by atoms with Crippen LogP contribution < -0.4 is 9.47 Å². The average Bonchev–Trinajstić information content (AvgIpc) is 2.81. The summed E-state index contributed by atoms with van der Waals surface area (Å²) in [5.41, 5.74) is 0.402. The highest BCUT2D eigenvalue weighted by molar-refractivity contribution is 6.02. The minimum absolute atomic E-state index is 0.393. The highest BCUT2D eigenvalue weighted by Crippen LogP contribution is 2.31. The SMILES string of the molecule is C=CC(=O)OCCCCCCOc1c(C(=O)Oc2ccccc2)ccc2ccccc12. The Morgan fingerprint density at radius 2 is 1.52 bits per heavy atom. The fourth-order valence-corrected chi connectivity index (χ4v) is 3.17. The summed E-state index contributed by atoms with van der Waals surface area (Å²) in [4.78, 5) is 23.8. The van der Waals surface area contributed by atoms with Gasteiger partial charge in [-0.25, -0.2) is 9.59 Å². The summed E-state index contributed by atoms with van der Waals surface area (Å²) in [5, 5.41) is 1.87. The molecule has 0 aliphatic heterocycles. The van der Waals surface area contributed by atoms with Gasteiger partial charge in [-0.1, -0.05) is 55.1 Å². The van der Waals surface area contributed by atoms with Crippen molar-refractivity contribution in [3.05, 3.63) is 84.9 Å².